The van der Waals surface area contributed by atoms with Gasteiger partial charge < -0.3 is 71.2 Å². The third kappa shape index (κ3) is 18.8. The number of fused-ring (bicyclic) bond motifs is 32. The van der Waals surface area contributed by atoms with Crippen LogP contribution in [0.2, 0.25) is 36.3 Å². The molecule has 142 heavy (non-hydrogen) atoms. The van der Waals surface area contributed by atoms with Crippen molar-refractivity contribution in [1.82, 2.24) is 0 Å². The summed E-state index contributed by atoms with van der Waals surface area (Å²) in [6.45, 7) is 62.5. The van der Waals surface area contributed by atoms with E-state index in [0.29, 0.717) is 131 Å². The van der Waals surface area contributed by atoms with Crippen molar-refractivity contribution in [3.63, 3.8) is 0 Å². The van der Waals surface area contributed by atoms with Gasteiger partial charge >= 0.3 is 0 Å². The number of rotatable bonds is 13. The Morgan fingerprint density at radius 3 is 1.15 bits per heavy atom. The Balaban J connectivity index is 0.000000132. The van der Waals surface area contributed by atoms with Gasteiger partial charge in [-0.15, -0.1) is 0 Å². The first-order valence-electron chi connectivity index (χ1n) is 56.9. The van der Waals surface area contributed by atoms with Crippen LogP contribution in [0.1, 0.15) is 371 Å². The first-order chi connectivity index (χ1) is 65.2. The van der Waals surface area contributed by atoms with E-state index in [0.717, 1.165) is 83.2 Å². The predicted octanol–water partition coefficient (Wildman–Crippen LogP) is 28.8. The van der Waals surface area contributed by atoms with Crippen LogP contribution < -0.4 is 0 Å². The standard InChI is InChI=1S/C41H70O5Si2.C29H42O5.C29H42O3.C22H34O3.3CH4/c1-37(2,3)47(11,12)45-28-24-31-35-36(44-39(7,8)43-35)34-29-20-21-32(46-48(13,14)38(4,5)6)40(29,9)23-22-30(34)41(31,10)33(25-28)42-26-27-18-16-15-17-19-27;1-27(2)33-25-21-14-18(30)15-23(32-16-17-8-6-5-7-9-17)29(21,4)20-12-13-28(3)19(10-11-22(28)31)24(20)26(25)34-27;1-27(2)31-25-22-12-8-14-23(30-18-19-10-6-5-7-11-19)29(22,4)21-15-17-28(3)16-9-13-20(28)24(21)26(25)32-27;1-20(2)24-18-15-7-5-9-16(23)22(15,4)14-10-12-21(3)11-6-8-13(21)17(14)19(18)25-20;;;/h15-19,28-36H,20-26H2,1-14H3;5-9,18-26,30-31H,10-16H2,1-4H3;5-7,10-11,20-26H,8-9,12-18H2,1-4H3;13-15,17-19H,5-12H2,1-4H3;3*1H4/t28-,29?,30?,31?,32+,33+,34?,35-,36-,40+,41-;18-,19?,20?,21?,22+,23+,24?,25-,26-,28+,29-;20?,21?,22?,23-,24?,25+,26+,28-,29+;13?,14?,15?,17?,18-,19-,21+,22-;;;/m1101.../s1. The summed E-state index contributed by atoms with van der Waals surface area (Å²) in [7, 11) is -3.90. The van der Waals surface area contributed by atoms with Crippen molar-refractivity contribution >= 4 is 22.4 Å². The SMILES string of the molecule is C.C.C.CC1(C)O[C@@H]2C3C(CC[C@@]4(C)C3CC[C@@H]4O)[C@]3(C)C(C[C@@H](O)C[C@@H]3OCc3ccccc3)[C@H]2O1.CC1(C)O[C@@H]2C3C(CC[C@@]4(C)C3CC[C@@H]4O[Si](C)(C)C(C)(C)C)[C@]3(C)C(C[C@@H](O[Si](C)(C)C(C)(C)C)C[C@@H]3OCc3ccccc3)[C@H]2O1.CC1(C)O[C@@H]2C3C4CCC[C@@]4(C)CCC3[C@@]3(C)C(=O)CCCC3[C@H]2O1.CC1(C)O[C@@H]2C3C4CCC[C@@]4(C)CCC3[C@]3(C)C(CCC[C@@H]3OCc3ccccc3)[C@H]2O1. The first-order valence-corrected chi connectivity index (χ1v) is 62.7. The molecule has 4 heterocycles. The fourth-order valence-corrected chi connectivity index (χ4v) is 39.8. The van der Waals surface area contributed by atoms with Gasteiger partial charge in [0, 0.05) is 46.5 Å². The summed E-state index contributed by atoms with van der Waals surface area (Å²) < 4.78 is 89.4. The van der Waals surface area contributed by atoms with E-state index in [1.165, 1.54) is 119 Å². The molecule has 16 unspecified atom stereocenters. The summed E-state index contributed by atoms with van der Waals surface area (Å²) >= 11 is 0. The Morgan fingerprint density at radius 1 is 0.324 bits per heavy atom. The third-order valence-corrected chi connectivity index (χ3v) is 54.9. The number of benzene rings is 3. The Hall–Kier alpha value is -2.84. The largest absolute Gasteiger partial charge is 0.414 e. The van der Waals surface area contributed by atoms with E-state index >= 15 is 0 Å². The highest BCUT2D eigenvalue weighted by atomic mass is 28.4. The number of carbonyl (C=O) groups excluding carboxylic acids is 1. The lowest BCUT2D eigenvalue weighted by Gasteiger charge is -2.65. The molecule has 0 amide bonds. The topological polar surface area (TPSA) is 178 Å². The van der Waals surface area contributed by atoms with E-state index < -0.39 is 39.8 Å². The highest BCUT2D eigenvalue weighted by Crippen LogP contribution is 2.76. The second kappa shape index (κ2) is 39.3. The summed E-state index contributed by atoms with van der Waals surface area (Å²) in [5, 5.41) is 22.3. The molecule has 20 aliphatic rings. The maximum absolute atomic E-state index is 13.2. The lowest BCUT2D eigenvalue weighted by atomic mass is 9.43. The van der Waals surface area contributed by atoms with E-state index in [1.807, 2.05) is 19.9 Å². The van der Waals surface area contributed by atoms with Crippen LogP contribution in [0.4, 0.5) is 0 Å². The molecule has 39 atom stereocenters. The highest BCUT2D eigenvalue weighted by Gasteiger charge is 2.77. The summed E-state index contributed by atoms with van der Waals surface area (Å²) in [5.74, 6) is 6.27. The van der Waals surface area contributed by atoms with Gasteiger partial charge in [0.1, 0.15) is 5.78 Å². The van der Waals surface area contributed by atoms with Gasteiger partial charge in [0.05, 0.1) is 105 Å². The van der Waals surface area contributed by atoms with Crippen molar-refractivity contribution in [3.05, 3.63) is 108 Å². The van der Waals surface area contributed by atoms with Crippen LogP contribution >= 0.6 is 0 Å². The predicted molar refractivity (Wildman–Crippen MR) is 572 cm³/mol. The van der Waals surface area contributed by atoms with Gasteiger partial charge in [0.25, 0.3) is 0 Å². The van der Waals surface area contributed by atoms with Crippen LogP contribution in [-0.2, 0) is 85.6 Å². The van der Waals surface area contributed by atoms with E-state index in [-0.39, 0.29) is 150 Å². The van der Waals surface area contributed by atoms with Crippen LogP contribution in [0.15, 0.2) is 91.0 Å². The zero-order valence-corrected chi connectivity index (χ0v) is 93.1. The molecule has 20 fully saturated rings. The zero-order chi connectivity index (χ0) is 98.9. The molecule has 800 valence electrons. The molecule has 23 rings (SSSR count). The zero-order valence-electron chi connectivity index (χ0n) is 91.1. The molecule has 0 aromatic heterocycles. The molecule has 2 N–H and O–H groups in total. The second-order valence-corrected chi connectivity index (χ2v) is 66.2. The van der Waals surface area contributed by atoms with Crippen LogP contribution in [0.5, 0.6) is 0 Å². The number of aliphatic hydroxyl groups excluding tert-OH is 2. The van der Waals surface area contributed by atoms with E-state index in [2.05, 4.69) is 250 Å². The van der Waals surface area contributed by atoms with Crippen molar-refractivity contribution in [3.8, 4) is 0 Å². The minimum Gasteiger partial charge on any atom is -0.414 e. The Morgan fingerprint density at radius 2 is 0.683 bits per heavy atom. The minimum absolute atomic E-state index is 0. The van der Waals surface area contributed by atoms with E-state index in [9.17, 15) is 15.0 Å². The average Bonchev–Trinajstić information content (AvgIpc) is 1.48. The third-order valence-electron chi connectivity index (χ3n) is 45.8. The lowest BCUT2D eigenvalue weighted by molar-refractivity contribution is -0.240. The van der Waals surface area contributed by atoms with Gasteiger partial charge in [-0.1, -0.05) is 229 Å². The summed E-state index contributed by atoms with van der Waals surface area (Å²) in [5.41, 5.74) is 4.64. The number of carbonyl (C=O) groups is 1. The van der Waals surface area contributed by atoms with Crippen LogP contribution in [0.25, 0.3) is 0 Å². The van der Waals surface area contributed by atoms with Crippen molar-refractivity contribution < 1.29 is 76.0 Å². The monoisotopic (exact) mass is 2000 g/mol. The summed E-state index contributed by atoms with van der Waals surface area (Å²) in [6.07, 6.45) is 33.5. The molecule has 16 aliphatic carbocycles. The van der Waals surface area contributed by atoms with E-state index in [1.54, 1.807) is 0 Å². The maximum Gasteiger partial charge on any atom is 0.192 e. The fraction of sp³-hybridized carbons (Fsp3) is 0.847. The molecule has 0 spiro atoms. The maximum atomic E-state index is 13.2. The first kappa shape index (κ1) is 110. The van der Waals surface area contributed by atoms with Gasteiger partial charge in [0.15, 0.2) is 39.8 Å². The molecule has 16 nitrogen and oxygen atoms in total. The number of ether oxygens (including phenoxy) is 11. The van der Waals surface area contributed by atoms with E-state index in [4.69, 9.17) is 61.0 Å². The second-order valence-electron chi connectivity index (χ2n) is 56.7. The molecule has 3 aromatic carbocycles. The number of hydrogen-bond acceptors (Lipinski definition) is 16. The summed E-state index contributed by atoms with van der Waals surface area (Å²) in [4.78, 5) is 13.2. The van der Waals surface area contributed by atoms with Crippen LogP contribution in [0, 0.1) is 138 Å². The van der Waals surface area contributed by atoms with Gasteiger partial charge in [-0.2, -0.15) is 0 Å². The van der Waals surface area contributed by atoms with Crippen molar-refractivity contribution in [2.75, 3.05) is 0 Å². The fourth-order valence-electron chi connectivity index (χ4n) is 37.0. The quantitative estimate of drug-likeness (QED) is 0.154. The Kier molecular flexibility index (Phi) is 30.5. The molecule has 4 aliphatic heterocycles. The van der Waals surface area contributed by atoms with Crippen molar-refractivity contribution in [1.29, 1.82) is 0 Å². The number of ketones is 1. The van der Waals surface area contributed by atoms with Gasteiger partial charge in [0.2, 0.25) is 0 Å². The Bertz CT molecular complexity index is 4800. The Labute approximate surface area is 863 Å². The van der Waals surface area contributed by atoms with Crippen molar-refractivity contribution in [2.45, 2.75) is 525 Å². The van der Waals surface area contributed by atoms with Crippen LogP contribution in [0.3, 0.4) is 0 Å². The molecule has 0 bridgehead atoms. The highest BCUT2D eigenvalue weighted by molar-refractivity contribution is 6.74. The normalized spacial score (nSPS) is 47.3. The molecular weight excluding hydrogens is 1800 g/mol. The molecule has 18 heteroatoms. The minimum atomic E-state index is -1.99. The smallest absolute Gasteiger partial charge is 0.192 e. The van der Waals surface area contributed by atoms with Crippen LogP contribution in [-0.4, -0.2) is 147 Å². The number of hydrogen-bond donors (Lipinski definition) is 2. The molecule has 0 radical (unpaired) electrons. The van der Waals surface area contributed by atoms with Gasteiger partial charge in [-0.25, -0.2) is 0 Å². The van der Waals surface area contributed by atoms with Crippen molar-refractivity contribution in [2.24, 2.45) is 138 Å². The molecule has 16 saturated carbocycles. The summed E-state index contributed by atoms with van der Waals surface area (Å²) in [6, 6.07) is 31.9. The van der Waals surface area contributed by atoms with Gasteiger partial charge in [-0.3, -0.25) is 4.79 Å². The number of Topliss-reactive ketones (excluding diaryl/α,β-unsaturated/α-hetero) is 1. The molecular formula is C124H200O16Si2. The van der Waals surface area contributed by atoms with Gasteiger partial charge in [-0.05, 0) is 366 Å². The molecule has 4 saturated heterocycles. The average molecular weight is 2000 g/mol. The number of aliphatic hydroxyl groups is 2. The molecule has 3 aromatic rings. The lowest BCUT2D eigenvalue weighted by Crippen LogP contribution is -2.68.